The van der Waals surface area contributed by atoms with Crippen molar-refractivity contribution in [2.45, 2.75) is 30.4 Å². The predicted molar refractivity (Wildman–Crippen MR) is 65.7 cm³/mol. The van der Waals surface area contributed by atoms with Crippen molar-refractivity contribution >= 4 is 17.4 Å². The van der Waals surface area contributed by atoms with Crippen LogP contribution in [0.25, 0.3) is 0 Å². The largest absolute Gasteiger partial charge is 0.379 e. The van der Waals surface area contributed by atoms with Crippen molar-refractivity contribution in [2.24, 2.45) is 0 Å². The Morgan fingerprint density at radius 3 is 2.87 bits per heavy atom. The van der Waals surface area contributed by atoms with Gasteiger partial charge in [-0.3, -0.25) is 0 Å². The third-order valence-electron chi connectivity index (χ3n) is 2.82. The van der Waals surface area contributed by atoms with Crippen LogP contribution in [0.1, 0.15) is 13.3 Å². The van der Waals surface area contributed by atoms with Crippen molar-refractivity contribution in [3.63, 3.8) is 0 Å². The molecule has 2 atom stereocenters. The Balaban J connectivity index is 2.09. The SMILES string of the molecule is CSc1ccccc1N[C@H]1CCO[C@H]1C. The quantitative estimate of drug-likeness (QED) is 0.796. The van der Waals surface area contributed by atoms with Gasteiger partial charge in [-0.2, -0.15) is 0 Å². The minimum Gasteiger partial charge on any atom is -0.379 e. The number of ether oxygens (including phenoxy) is 1. The zero-order valence-electron chi connectivity index (χ0n) is 9.19. The van der Waals surface area contributed by atoms with Crippen LogP contribution in [0.15, 0.2) is 29.2 Å². The first-order chi connectivity index (χ1) is 7.31. The van der Waals surface area contributed by atoms with Gasteiger partial charge in [-0.15, -0.1) is 11.8 Å². The molecule has 82 valence electrons. The summed E-state index contributed by atoms with van der Waals surface area (Å²) in [6.07, 6.45) is 3.53. The van der Waals surface area contributed by atoms with Gasteiger partial charge in [0, 0.05) is 17.2 Å². The first-order valence-corrected chi connectivity index (χ1v) is 6.55. The van der Waals surface area contributed by atoms with Crippen LogP contribution in [0.2, 0.25) is 0 Å². The highest BCUT2D eigenvalue weighted by Crippen LogP contribution is 2.27. The van der Waals surface area contributed by atoms with Crippen LogP contribution in [0, 0.1) is 0 Å². The highest BCUT2D eigenvalue weighted by atomic mass is 32.2. The molecule has 1 aromatic rings. The number of benzene rings is 1. The highest BCUT2D eigenvalue weighted by molar-refractivity contribution is 7.98. The summed E-state index contributed by atoms with van der Waals surface area (Å²) in [5.41, 5.74) is 1.23. The Kier molecular flexibility index (Phi) is 3.54. The van der Waals surface area contributed by atoms with E-state index in [0.717, 1.165) is 13.0 Å². The summed E-state index contributed by atoms with van der Waals surface area (Å²) in [4.78, 5) is 1.30. The third kappa shape index (κ3) is 2.47. The second-order valence-corrected chi connectivity index (χ2v) is 4.66. The number of anilines is 1. The zero-order valence-corrected chi connectivity index (χ0v) is 10.0. The minimum absolute atomic E-state index is 0.319. The monoisotopic (exact) mass is 223 g/mol. The molecule has 3 heteroatoms. The lowest BCUT2D eigenvalue weighted by Gasteiger charge is -2.19. The number of hydrogen-bond acceptors (Lipinski definition) is 3. The molecule has 0 amide bonds. The van der Waals surface area contributed by atoms with Crippen molar-refractivity contribution in [3.8, 4) is 0 Å². The van der Waals surface area contributed by atoms with Crippen molar-refractivity contribution < 1.29 is 4.74 Å². The molecule has 1 fully saturated rings. The molecule has 0 saturated carbocycles. The van der Waals surface area contributed by atoms with Gasteiger partial charge in [-0.25, -0.2) is 0 Å². The van der Waals surface area contributed by atoms with Crippen molar-refractivity contribution in [1.29, 1.82) is 0 Å². The van der Waals surface area contributed by atoms with Gasteiger partial charge >= 0.3 is 0 Å². The molecule has 0 bridgehead atoms. The van der Waals surface area contributed by atoms with Gasteiger partial charge < -0.3 is 10.1 Å². The topological polar surface area (TPSA) is 21.3 Å². The van der Waals surface area contributed by atoms with E-state index in [0.29, 0.717) is 12.1 Å². The molecule has 1 aromatic carbocycles. The standard InChI is InChI=1S/C12H17NOS/c1-9-10(7-8-14-9)13-11-5-3-4-6-12(11)15-2/h3-6,9-10,13H,7-8H2,1-2H3/t9-,10-/m0/s1. The summed E-state index contributed by atoms with van der Waals surface area (Å²) in [5, 5.41) is 3.56. The molecule has 0 spiro atoms. The number of thioether (sulfide) groups is 1. The van der Waals surface area contributed by atoms with Crippen LogP contribution in [0.3, 0.4) is 0 Å². The highest BCUT2D eigenvalue weighted by Gasteiger charge is 2.24. The fourth-order valence-electron chi connectivity index (χ4n) is 1.88. The van der Waals surface area contributed by atoms with Crippen LogP contribution in [-0.2, 0) is 4.74 Å². The Labute approximate surface area is 95.4 Å². The molecule has 2 nitrogen and oxygen atoms in total. The number of para-hydroxylation sites is 1. The normalized spacial score (nSPS) is 25.5. The van der Waals surface area contributed by atoms with Crippen LogP contribution in [0.5, 0.6) is 0 Å². The summed E-state index contributed by atoms with van der Waals surface area (Å²) < 4.78 is 5.54. The van der Waals surface area contributed by atoms with Gasteiger partial charge in [0.15, 0.2) is 0 Å². The van der Waals surface area contributed by atoms with E-state index in [4.69, 9.17) is 4.74 Å². The number of nitrogens with one attached hydrogen (secondary N) is 1. The molecular formula is C12H17NOS. The van der Waals surface area contributed by atoms with E-state index in [1.165, 1.54) is 10.6 Å². The predicted octanol–water partition coefficient (Wildman–Crippen LogP) is 3.00. The van der Waals surface area contributed by atoms with E-state index in [1.807, 2.05) is 0 Å². The number of hydrogen-bond donors (Lipinski definition) is 1. The van der Waals surface area contributed by atoms with Crippen LogP contribution in [-0.4, -0.2) is 25.0 Å². The molecule has 1 N–H and O–H groups in total. The van der Waals surface area contributed by atoms with Gasteiger partial charge in [0.1, 0.15) is 0 Å². The average molecular weight is 223 g/mol. The maximum absolute atomic E-state index is 5.54. The van der Waals surface area contributed by atoms with Crippen LogP contribution in [0.4, 0.5) is 5.69 Å². The smallest absolute Gasteiger partial charge is 0.0748 e. The van der Waals surface area contributed by atoms with E-state index in [9.17, 15) is 0 Å². The molecule has 0 aromatic heterocycles. The van der Waals surface area contributed by atoms with Gasteiger partial charge in [-0.1, -0.05) is 12.1 Å². The Morgan fingerprint density at radius 1 is 1.40 bits per heavy atom. The Bertz CT molecular complexity index is 329. The summed E-state index contributed by atoms with van der Waals surface area (Å²) in [5.74, 6) is 0. The van der Waals surface area contributed by atoms with Gasteiger partial charge in [0.25, 0.3) is 0 Å². The molecule has 0 aliphatic carbocycles. The molecule has 1 heterocycles. The fourth-order valence-corrected chi connectivity index (χ4v) is 2.45. The minimum atomic E-state index is 0.319. The van der Waals surface area contributed by atoms with Crippen molar-refractivity contribution in [3.05, 3.63) is 24.3 Å². The van der Waals surface area contributed by atoms with Crippen LogP contribution < -0.4 is 5.32 Å². The maximum Gasteiger partial charge on any atom is 0.0748 e. The van der Waals surface area contributed by atoms with E-state index in [1.54, 1.807) is 11.8 Å². The van der Waals surface area contributed by atoms with E-state index in [2.05, 4.69) is 42.8 Å². The lowest BCUT2D eigenvalue weighted by molar-refractivity contribution is 0.121. The van der Waals surface area contributed by atoms with E-state index < -0.39 is 0 Å². The van der Waals surface area contributed by atoms with Crippen LogP contribution >= 0.6 is 11.8 Å². The summed E-state index contributed by atoms with van der Waals surface area (Å²) >= 11 is 1.78. The van der Waals surface area contributed by atoms with E-state index in [-0.39, 0.29) is 0 Å². The molecule has 0 radical (unpaired) electrons. The molecule has 1 aliphatic heterocycles. The summed E-state index contributed by atoms with van der Waals surface area (Å²) in [6, 6.07) is 8.89. The molecule has 1 aliphatic rings. The maximum atomic E-state index is 5.54. The fraction of sp³-hybridized carbons (Fsp3) is 0.500. The molecule has 1 saturated heterocycles. The Hall–Kier alpha value is -0.670. The van der Waals surface area contributed by atoms with Gasteiger partial charge in [0.05, 0.1) is 12.1 Å². The second-order valence-electron chi connectivity index (χ2n) is 3.82. The van der Waals surface area contributed by atoms with Crippen molar-refractivity contribution in [1.82, 2.24) is 0 Å². The second kappa shape index (κ2) is 4.90. The lowest BCUT2D eigenvalue weighted by atomic mass is 10.1. The van der Waals surface area contributed by atoms with Gasteiger partial charge in [0.2, 0.25) is 0 Å². The lowest BCUT2D eigenvalue weighted by Crippen LogP contribution is -2.26. The molecule has 2 rings (SSSR count). The first kappa shape index (κ1) is 10.8. The first-order valence-electron chi connectivity index (χ1n) is 5.32. The zero-order chi connectivity index (χ0) is 10.7. The third-order valence-corrected chi connectivity index (χ3v) is 3.62. The molecule has 15 heavy (non-hydrogen) atoms. The van der Waals surface area contributed by atoms with Gasteiger partial charge in [-0.05, 0) is 31.7 Å². The molecule has 0 unspecified atom stereocenters. The average Bonchev–Trinajstić information content (AvgIpc) is 2.65. The van der Waals surface area contributed by atoms with E-state index >= 15 is 0 Å². The van der Waals surface area contributed by atoms with Crippen molar-refractivity contribution in [2.75, 3.05) is 18.2 Å². The molecular weight excluding hydrogens is 206 g/mol. The summed E-state index contributed by atoms with van der Waals surface area (Å²) in [7, 11) is 0. The summed E-state index contributed by atoms with van der Waals surface area (Å²) in [6.45, 7) is 3.01. The Morgan fingerprint density at radius 2 is 2.20 bits per heavy atom. The number of rotatable bonds is 3.